The fraction of sp³-hybridized carbons (Fsp3) is 0.350. The Hall–Kier alpha value is -3.69. The number of anilines is 1. The van der Waals surface area contributed by atoms with Gasteiger partial charge in [-0.25, -0.2) is 4.79 Å². The van der Waals surface area contributed by atoms with Crippen LogP contribution >= 0.6 is 0 Å². The van der Waals surface area contributed by atoms with Crippen LogP contribution in [-0.2, 0) is 0 Å². The zero-order chi connectivity index (χ0) is 21.6. The van der Waals surface area contributed by atoms with Gasteiger partial charge in [-0.2, -0.15) is 0 Å². The Morgan fingerprint density at radius 1 is 1.17 bits per heavy atom. The first-order chi connectivity index (χ1) is 14.3. The van der Waals surface area contributed by atoms with Gasteiger partial charge in [0, 0.05) is 36.2 Å². The molecule has 158 valence electrons. The third-order valence-electron chi connectivity index (χ3n) is 5.37. The second-order valence-electron chi connectivity index (χ2n) is 7.18. The maximum Gasteiger partial charge on any atom is 0.325 e. The molecular formula is C20H21N3O7. The van der Waals surface area contributed by atoms with E-state index >= 15 is 0 Å². The summed E-state index contributed by atoms with van der Waals surface area (Å²) in [5, 5.41) is 14.1. The van der Waals surface area contributed by atoms with Gasteiger partial charge >= 0.3 is 6.03 Å². The van der Waals surface area contributed by atoms with E-state index in [0.717, 1.165) is 0 Å². The Morgan fingerprint density at radius 2 is 1.83 bits per heavy atom. The molecule has 10 heteroatoms. The molecule has 10 nitrogen and oxygen atoms in total. The Labute approximate surface area is 172 Å². The van der Waals surface area contributed by atoms with Crippen LogP contribution in [0.15, 0.2) is 30.3 Å². The number of hydrogen-bond donors (Lipinski definition) is 1. The van der Waals surface area contributed by atoms with Crippen molar-refractivity contribution in [2.75, 3.05) is 26.2 Å². The van der Waals surface area contributed by atoms with Crippen LogP contribution in [0.25, 0.3) is 0 Å². The van der Waals surface area contributed by atoms with Crippen LogP contribution in [-0.4, -0.2) is 38.0 Å². The van der Waals surface area contributed by atoms with Crippen LogP contribution in [0.2, 0.25) is 0 Å². The highest BCUT2D eigenvalue weighted by molar-refractivity contribution is 5.95. The van der Waals surface area contributed by atoms with E-state index in [1.165, 1.54) is 38.4 Å². The summed E-state index contributed by atoms with van der Waals surface area (Å²) >= 11 is 0. The molecule has 2 aliphatic rings. The molecule has 2 aromatic carbocycles. The number of hydrogen-bond acceptors (Lipinski definition) is 7. The molecule has 1 saturated heterocycles. The molecule has 0 radical (unpaired) electrons. The van der Waals surface area contributed by atoms with Gasteiger partial charge in [-0.3, -0.25) is 15.0 Å². The van der Waals surface area contributed by atoms with E-state index < -0.39 is 22.7 Å². The zero-order valence-corrected chi connectivity index (χ0v) is 16.9. The van der Waals surface area contributed by atoms with Gasteiger partial charge in [-0.15, -0.1) is 0 Å². The second-order valence-corrected chi connectivity index (χ2v) is 7.18. The van der Waals surface area contributed by atoms with Gasteiger partial charge in [-0.1, -0.05) is 0 Å². The highest BCUT2D eigenvalue weighted by Crippen LogP contribution is 2.49. The normalized spacial score (nSPS) is 21.8. The topological polar surface area (TPSA) is 112 Å². The Balaban J connectivity index is 1.80. The van der Waals surface area contributed by atoms with Gasteiger partial charge < -0.3 is 24.3 Å². The summed E-state index contributed by atoms with van der Waals surface area (Å²) < 4.78 is 22.4. The average Bonchev–Trinajstić information content (AvgIpc) is 2.71. The van der Waals surface area contributed by atoms with Gasteiger partial charge in [0.05, 0.1) is 38.0 Å². The molecule has 0 saturated carbocycles. The molecule has 2 amide bonds. The fourth-order valence-corrected chi connectivity index (χ4v) is 4.06. The van der Waals surface area contributed by atoms with Crippen LogP contribution in [0.4, 0.5) is 16.2 Å². The predicted molar refractivity (Wildman–Crippen MR) is 107 cm³/mol. The second kappa shape index (κ2) is 6.97. The smallest absolute Gasteiger partial charge is 0.325 e. The number of amides is 2. The molecule has 0 aliphatic carbocycles. The van der Waals surface area contributed by atoms with E-state index in [9.17, 15) is 14.9 Å². The van der Waals surface area contributed by atoms with Crippen molar-refractivity contribution < 1.29 is 28.7 Å². The summed E-state index contributed by atoms with van der Waals surface area (Å²) in [4.78, 5) is 25.2. The van der Waals surface area contributed by atoms with Crippen LogP contribution in [0, 0.1) is 10.1 Å². The zero-order valence-electron chi connectivity index (χ0n) is 16.9. The standard InChI is InChI=1S/C20H21N3O7/c1-20-10-14(13-7-11(23(25)26)5-6-15(13)30-20)21-19(24)22(20)12-8-16(27-2)18(29-4)17(9-12)28-3/h5-9,14H,10H2,1-4H3,(H,21,24)/t14-,20-/m0/s1. The number of methoxy groups -OCH3 is 3. The summed E-state index contributed by atoms with van der Waals surface area (Å²) in [7, 11) is 4.49. The van der Waals surface area contributed by atoms with E-state index in [1.54, 1.807) is 25.1 Å². The summed E-state index contributed by atoms with van der Waals surface area (Å²) in [5.41, 5.74) is -0.00376. The lowest BCUT2D eigenvalue weighted by molar-refractivity contribution is -0.385. The highest BCUT2D eigenvalue weighted by atomic mass is 16.6. The minimum absolute atomic E-state index is 0.0535. The summed E-state index contributed by atoms with van der Waals surface area (Å²) in [6.07, 6.45) is 0.392. The molecule has 4 rings (SSSR count). The van der Waals surface area contributed by atoms with Crippen molar-refractivity contribution in [1.29, 1.82) is 0 Å². The Bertz CT molecular complexity index is 1020. The van der Waals surface area contributed by atoms with Crippen molar-refractivity contribution in [3.05, 3.63) is 46.0 Å². The first-order valence-electron chi connectivity index (χ1n) is 9.19. The third kappa shape index (κ3) is 2.92. The molecule has 2 aromatic rings. The number of carbonyl (C=O) groups excluding carboxylic acids is 1. The van der Waals surface area contributed by atoms with Crippen molar-refractivity contribution in [2.24, 2.45) is 0 Å². The van der Waals surface area contributed by atoms with E-state index in [2.05, 4.69) is 5.32 Å². The quantitative estimate of drug-likeness (QED) is 0.588. The van der Waals surface area contributed by atoms with E-state index in [4.69, 9.17) is 18.9 Å². The molecule has 2 aliphatic heterocycles. The molecule has 0 spiro atoms. The van der Waals surface area contributed by atoms with Crippen LogP contribution < -0.4 is 29.2 Å². The number of carbonyl (C=O) groups is 1. The van der Waals surface area contributed by atoms with Gasteiger partial charge in [0.2, 0.25) is 5.75 Å². The number of non-ortho nitro benzene ring substituents is 1. The SMILES string of the molecule is COc1cc(N2C(=O)N[C@H]3C[C@]2(C)Oc2ccc([N+](=O)[O-])cc23)cc(OC)c1OC. The van der Waals surface area contributed by atoms with Gasteiger partial charge in [0.15, 0.2) is 17.2 Å². The number of urea groups is 1. The maximum atomic E-state index is 13.1. The van der Waals surface area contributed by atoms with Crippen molar-refractivity contribution in [1.82, 2.24) is 5.32 Å². The summed E-state index contributed by atoms with van der Waals surface area (Å²) in [5.74, 6) is 1.69. The van der Waals surface area contributed by atoms with Gasteiger partial charge in [0.25, 0.3) is 5.69 Å². The molecule has 2 bridgehead atoms. The molecule has 2 heterocycles. The lowest BCUT2D eigenvalue weighted by atomic mass is 9.90. The molecule has 2 atom stereocenters. The van der Waals surface area contributed by atoms with E-state index in [0.29, 0.717) is 40.7 Å². The number of fused-ring (bicyclic) bond motifs is 4. The van der Waals surface area contributed by atoms with Gasteiger partial charge in [0.1, 0.15) is 5.75 Å². The molecule has 1 N–H and O–H groups in total. The number of nitrogens with one attached hydrogen (secondary N) is 1. The monoisotopic (exact) mass is 415 g/mol. The van der Waals surface area contributed by atoms with Crippen LogP contribution in [0.5, 0.6) is 23.0 Å². The van der Waals surface area contributed by atoms with Crippen molar-refractivity contribution >= 4 is 17.4 Å². The number of nitro groups is 1. The van der Waals surface area contributed by atoms with E-state index in [-0.39, 0.29) is 5.69 Å². The highest BCUT2D eigenvalue weighted by Gasteiger charge is 2.50. The lowest BCUT2D eigenvalue weighted by Crippen LogP contribution is -2.65. The molecule has 0 unspecified atom stereocenters. The van der Waals surface area contributed by atoms with Gasteiger partial charge in [-0.05, 0) is 13.0 Å². The van der Waals surface area contributed by atoms with Crippen molar-refractivity contribution in [3.63, 3.8) is 0 Å². The first-order valence-corrected chi connectivity index (χ1v) is 9.19. The summed E-state index contributed by atoms with van der Waals surface area (Å²) in [6, 6.07) is 6.90. The van der Waals surface area contributed by atoms with Crippen molar-refractivity contribution in [2.45, 2.75) is 25.1 Å². The molecule has 0 aromatic heterocycles. The largest absolute Gasteiger partial charge is 0.493 e. The average molecular weight is 415 g/mol. The summed E-state index contributed by atoms with van der Waals surface area (Å²) in [6.45, 7) is 1.80. The minimum atomic E-state index is -1.03. The van der Waals surface area contributed by atoms with E-state index in [1.807, 2.05) is 0 Å². The number of ether oxygens (including phenoxy) is 4. The van der Waals surface area contributed by atoms with Crippen LogP contribution in [0.3, 0.4) is 0 Å². The molecule has 30 heavy (non-hydrogen) atoms. The van der Waals surface area contributed by atoms with Crippen molar-refractivity contribution in [3.8, 4) is 23.0 Å². The predicted octanol–water partition coefficient (Wildman–Crippen LogP) is 3.39. The third-order valence-corrected chi connectivity index (χ3v) is 5.37. The Kier molecular flexibility index (Phi) is 4.56. The molecular weight excluding hydrogens is 394 g/mol. The maximum absolute atomic E-state index is 13.1. The first kappa shape index (κ1) is 19.6. The van der Waals surface area contributed by atoms with Crippen LogP contribution in [0.1, 0.15) is 24.9 Å². The lowest BCUT2D eigenvalue weighted by Gasteiger charge is -2.50. The number of nitrogens with zero attached hydrogens (tertiary/aromatic N) is 2. The number of nitro benzene ring substituents is 1. The fourth-order valence-electron chi connectivity index (χ4n) is 4.06. The number of rotatable bonds is 5. The number of benzene rings is 2. The Morgan fingerprint density at radius 3 is 2.40 bits per heavy atom. The minimum Gasteiger partial charge on any atom is -0.493 e. The molecule has 1 fully saturated rings.